The minimum Gasteiger partial charge on any atom is -0.493 e. The van der Waals surface area contributed by atoms with Crippen molar-refractivity contribution in [1.29, 1.82) is 0 Å². The molecule has 0 atom stereocenters. The van der Waals surface area contributed by atoms with Crippen molar-refractivity contribution >= 4 is 43.1 Å². The van der Waals surface area contributed by atoms with Gasteiger partial charge in [-0.15, -0.1) is 0 Å². The predicted octanol–water partition coefficient (Wildman–Crippen LogP) is 7.79. The fourth-order valence-electron chi connectivity index (χ4n) is 8.93. The number of aromatic nitrogens is 6. The number of methoxy groups -OCH3 is 4. The Bertz CT molecular complexity index is 3700. The predicted molar refractivity (Wildman–Crippen MR) is 290 cm³/mol. The van der Waals surface area contributed by atoms with Gasteiger partial charge in [-0.1, -0.05) is 17.7 Å². The molecule has 2 aromatic carbocycles. The summed E-state index contributed by atoms with van der Waals surface area (Å²) in [6.45, 7) is 1.99. The molecule has 8 rings (SSSR count). The van der Waals surface area contributed by atoms with Crippen molar-refractivity contribution in [2.45, 2.75) is 87.1 Å². The molecule has 2 saturated heterocycles. The van der Waals surface area contributed by atoms with Crippen molar-refractivity contribution in [2.24, 2.45) is 0 Å². The molecule has 2 amide bonds. The number of hydrogen-bond acceptors (Lipinski definition) is 16. The summed E-state index contributed by atoms with van der Waals surface area (Å²) in [6.07, 6.45) is -3.06. The number of halogens is 7. The van der Waals surface area contributed by atoms with E-state index in [1.165, 1.54) is 68.2 Å². The molecular formula is C54H57ClF6N8O12S2. The monoisotopic (exact) mass is 1220 g/mol. The second-order valence-electron chi connectivity index (χ2n) is 19.1. The zero-order valence-electron chi connectivity index (χ0n) is 45.3. The first-order valence-electron chi connectivity index (χ1n) is 25.7. The smallest absolute Gasteiger partial charge is 0.433 e. The summed E-state index contributed by atoms with van der Waals surface area (Å²) in [5.74, 6) is -0.658. The van der Waals surface area contributed by atoms with Crippen LogP contribution in [0, 0.1) is 0 Å². The molecule has 6 heterocycles. The molecule has 2 fully saturated rings. The molecule has 20 nitrogen and oxygen atoms in total. The summed E-state index contributed by atoms with van der Waals surface area (Å²) in [5.41, 5.74) is -3.40. The third kappa shape index (κ3) is 16.2. The van der Waals surface area contributed by atoms with Gasteiger partial charge in [0.05, 0.1) is 64.4 Å². The Balaban J connectivity index is 0.000000239. The SMILES string of the molecule is COc1cc(Cl)c(Cn2cc(-c3cc(C(F)(F)F)nc(S(=O)(=O)CCC(=O)N4CCCCC4)n3)ccc2=O)cc1OC.COc1ccc(Cn2cc(-c3cc(C(F)(F)F)nc(S(=O)(=O)CCC(=O)N4CCCCC4)n3)ccc2=O)cc1OC. The van der Waals surface area contributed by atoms with Gasteiger partial charge in [-0.3, -0.25) is 19.2 Å². The lowest BCUT2D eigenvalue weighted by atomic mass is 10.1. The van der Waals surface area contributed by atoms with Gasteiger partial charge in [0.1, 0.15) is 11.4 Å². The van der Waals surface area contributed by atoms with Gasteiger partial charge in [0.15, 0.2) is 23.0 Å². The summed E-state index contributed by atoms with van der Waals surface area (Å²) in [5, 5.41) is -1.84. The van der Waals surface area contributed by atoms with Crippen LogP contribution in [0.1, 0.15) is 73.9 Å². The van der Waals surface area contributed by atoms with E-state index in [-0.39, 0.29) is 46.5 Å². The summed E-state index contributed by atoms with van der Waals surface area (Å²) >= 11 is 6.35. The van der Waals surface area contributed by atoms with Gasteiger partial charge in [-0.25, -0.2) is 36.8 Å². The second-order valence-corrected chi connectivity index (χ2v) is 23.5. The molecule has 6 aromatic rings. The van der Waals surface area contributed by atoms with E-state index in [4.69, 9.17) is 30.5 Å². The molecule has 0 saturated carbocycles. The van der Waals surface area contributed by atoms with Crippen molar-refractivity contribution in [3.8, 4) is 45.5 Å². The molecule has 446 valence electrons. The van der Waals surface area contributed by atoms with Crippen LogP contribution in [0.5, 0.6) is 23.0 Å². The van der Waals surface area contributed by atoms with Gasteiger partial charge in [0, 0.05) is 85.8 Å². The molecule has 0 spiro atoms. The highest BCUT2D eigenvalue weighted by Gasteiger charge is 2.37. The lowest BCUT2D eigenvalue weighted by Gasteiger charge is -2.26. The Labute approximate surface area is 477 Å². The topological polar surface area (TPSA) is 241 Å². The van der Waals surface area contributed by atoms with Crippen molar-refractivity contribution < 1.29 is 71.7 Å². The van der Waals surface area contributed by atoms with Crippen LogP contribution in [0.4, 0.5) is 26.3 Å². The Morgan fingerprint density at radius 1 is 0.530 bits per heavy atom. The van der Waals surface area contributed by atoms with E-state index in [9.17, 15) is 62.4 Å². The molecule has 4 aromatic heterocycles. The zero-order chi connectivity index (χ0) is 60.4. The van der Waals surface area contributed by atoms with Crippen LogP contribution < -0.4 is 30.1 Å². The normalized spacial score (nSPS) is 14.1. The van der Waals surface area contributed by atoms with Crippen LogP contribution in [0.25, 0.3) is 22.5 Å². The Kier molecular flexibility index (Phi) is 20.3. The highest BCUT2D eigenvalue weighted by molar-refractivity contribution is 7.91. The van der Waals surface area contributed by atoms with E-state index in [0.717, 1.165) is 50.7 Å². The fraction of sp³-hybridized carbons (Fsp3) is 0.407. The molecule has 2 aliphatic rings. The number of piperidine rings is 2. The van der Waals surface area contributed by atoms with Gasteiger partial charge in [-0.2, -0.15) is 26.3 Å². The van der Waals surface area contributed by atoms with Gasteiger partial charge in [-0.05, 0) is 92.1 Å². The number of amides is 2. The molecule has 83 heavy (non-hydrogen) atoms. The Hall–Kier alpha value is -7.59. The highest BCUT2D eigenvalue weighted by atomic mass is 35.5. The lowest BCUT2D eigenvalue weighted by molar-refractivity contribution is -0.142. The van der Waals surface area contributed by atoms with Crippen molar-refractivity contribution in [1.82, 2.24) is 38.9 Å². The summed E-state index contributed by atoms with van der Waals surface area (Å²) in [6, 6.07) is 14.0. The molecule has 29 heteroatoms. The zero-order valence-corrected chi connectivity index (χ0v) is 47.6. The summed E-state index contributed by atoms with van der Waals surface area (Å²) in [4.78, 5) is 67.7. The molecule has 0 bridgehead atoms. The number of likely N-dealkylation sites (tertiary alicyclic amines) is 2. The maximum Gasteiger partial charge on any atom is 0.433 e. The number of pyridine rings is 2. The molecule has 0 unspecified atom stereocenters. The van der Waals surface area contributed by atoms with E-state index in [2.05, 4.69) is 19.9 Å². The van der Waals surface area contributed by atoms with Gasteiger partial charge < -0.3 is 37.9 Å². The minimum atomic E-state index is -4.99. The van der Waals surface area contributed by atoms with Crippen LogP contribution in [0.2, 0.25) is 5.02 Å². The largest absolute Gasteiger partial charge is 0.493 e. The average molecular weight is 1220 g/mol. The van der Waals surface area contributed by atoms with Crippen LogP contribution in [-0.4, -0.2) is 134 Å². The lowest BCUT2D eigenvalue weighted by Crippen LogP contribution is -2.36. The van der Waals surface area contributed by atoms with Crippen LogP contribution in [0.3, 0.4) is 0 Å². The molecule has 0 N–H and O–H groups in total. The number of nitrogens with zero attached hydrogens (tertiary/aromatic N) is 8. The number of benzene rings is 2. The standard InChI is InChI=1S/C27H28ClF3N4O6S.C27H29F3N4O6S/c1-40-21-12-18(19(28)13-22(21)41-2)16-35-15-17(6-7-24(35)36)20-14-23(27(29,30)31)33-26(32-20)42(38,39)11-8-25(37)34-9-4-3-5-10-34;1-39-21-8-6-18(14-22(21)40-2)16-34-17-19(7-9-24(34)35)20-15-23(27(28,29)30)32-26(31-20)41(37,38)13-10-25(36)33-11-4-3-5-12-33/h6-7,12-15H,3-5,8-11,16H2,1-2H3;6-9,14-15,17H,3-5,10-13,16H2,1-2H3. The first-order chi connectivity index (χ1) is 39.2. The Morgan fingerprint density at radius 3 is 1.36 bits per heavy atom. The maximum atomic E-state index is 13.8. The van der Waals surface area contributed by atoms with Crippen LogP contribution in [-0.2, 0) is 54.7 Å². The first kappa shape index (κ1) is 63.0. The van der Waals surface area contributed by atoms with Crippen molar-refractivity contribution in [3.05, 3.63) is 127 Å². The van der Waals surface area contributed by atoms with E-state index < -0.39 is 95.1 Å². The Morgan fingerprint density at radius 2 is 0.940 bits per heavy atom. The number of ether oxygens (including phenoxy) is 4. The molecule has 2 aliphatic heterocycles. The molecular weight excluding hydrogens is 1170 g/mol. The van der Waals surface area contributed by atoms with E-state index in [0.29, 0.717) is 72.4 Å². The van der Waals surface area contributed by atoms with Gasteiger partial charge in [0.2, 0.25) is 41.8 Å². The van der Waals surface area contributed by atoms with Gasteiger partial charge >= 0.3 is 12.4 Å². The van der Waals surface area contributed by atoms with E-state index in [1.54, 1.807) is 34.1 Å². The number of hydrogen-bond donors (Lipinski definition) is 0. The van der Waals surface area contributed by atoms with Crippen molar-refractivity contribution in [3.63, 3.8) is 0 Å². The van der Waals surface area contributed by atoms with Crippen LogP contribution in [0.15, 0.2) is 99.0 Å². The molecule has 0 radical (unpaired) electrons. The number of alkyl halides is 6. The van der Waals surface area contributed by atoms with Crippen molar-refractivity contribution in [2.75, 3.05) is 66.1 Å². The van der Waals surface area contributed by atoms with Crippen LogP contribution >= 0.6 is 11.6 Å². The average Bonchev–Trinajstić information content (AvgIpc) is 3.50. The van der Waals surface area contributed by atoms with E-state index in [1.807, 2.05) is 0 Å². The van der Waals surface area contributed by atoms with E-state index >= 15 is 0 Å². The first-order valence-corrected chi connectivity index (χ1v) is 29.4. The molecule has 0 aliphatic carbocycles. The number of sulfone groups is 2. The fourth-order valence-corrected chi connectivity index (χ4v) is 11.3. The third-order valence-electron chi connectivity index (χ3n) is 13.4. The summed E-state index contributed by atoms with van der Waals surface area (Å²) < 4.78 is 158. The minimum absolute atomic E-state index is 0.0277. The second kappa shape index (κ2) is 26.8. The number of rotatable bonds is 18. The number of carbonyl (C=O) groups excluding carboxylic acids is 2. The highest BCUT2D eigenvalue weighted by Crippen LogP contribution is 2.36. The maximum absolute atomic E-state index is 13.8. The third-order valence-corrected chi connectivity index (χ3v) is 16.7. The quantitative estimate of drug-likeness (QED) is 0.0589. The number of carbonyl (C=O) groups is 2. The van der Waals surface area contributed by atoms with Gasteiger partial charge in [0.25, 0.3) is 11.1 Å². The summed E-state index contributed by atoms with van der Waals surface area (Å²) in [7, 11) is -3.15.